The molecule has 0 aromatic heterocycles. The molecule has 2 saturated heterocycles. The van der Waals surface area contributed by atoms with E-state index >= 15 is 0 Å². The Hall–Kier alpha value is -0.620. The molecule has 2 heterocycles. The summed E-state index contributed by atoms with van der Waals surface area (Å²) in [5, 5.41) is 12.5. The molecule has 0 aromatic carbocycles. The van der Waals surface area contributed by atoms with E-state index in [1.165, 1.54) is 0 Å². The number of hydrogen-bond donors (Lipinski definition) is 2. The van der Waals surface area contributed by atoms with Crippen molar-refractivity contribution in [2.75, 3.05) is 18.1 Å². The third-order valence-electron chi connectivity index (χ3n) is 3.98. The van der Waals surface area contributed by atoms with Crippen molar-refractivity contribution < 1.29 is 18.3 Å². The number of carboxylic acids is 1. The minimum Gasteiger partial charge on any atom is -0.480 e. The largest absolute Gasteiger partial charge is 0.480 e. The normalized spacial score (nSPS) is 37.5. The maximum absolute atomic E-state index is 11.6. The average Bonchev–Trinajstić information content (AvgIpc) is 2.28. The summed E-state index contributed by atoms with van der Waals surface area (Å²) in [5.41, 5.74) is -1.01. The van der Waals surface area contributed by atoms with Crippen LogP contribution in [-0.4, -0.2) is 43.1 Å². The molecule has 0 bridgehead atoms. The van der Waals surface area contributed by atoms with Crippen LogP contribution in [0.15, 0.2) is 0 Å². The van der Waals surface area contributed by atoms with Gasteiger partial charge in [0.25, 0.3) is 0 Å². The Morgan fingerprint density at radius 1 is 1.29 bits per heavy atom. The second-order valence-corrected chi connectivity index (χ2v) is 7.34. The van der Waals surface area contributed by atoms with Crippen molar-refractivity contribution >= 4 is 15.8 Å². The summed E-state index contributed by atoms with van der Waals surface area (Å²) in [7, 11) is -3.06. The smallest absolute Gasteiger partial charge is 0.324 e. The summed E-state index contributed by atoms with van der Waals surface area (Å²) in [6.07, 6.45) is 3.65. The monoisotopic (exact) mass is 261 g/mol. The second-order valence-electron chi connectivity index (χ2n) is 5.11. The van der Waals surface area contributed by atoms with Gasteiger partial charge in [0.15, 0.2) is 9.84 Å². The van der Waals surface area contributed by atoms with Crippen LogP contribution < -0.4 is 5.32 Å². The van der Waals surface area contributed by atoms with E-state index in [0.29, 0.717) is 25.8 Å². The third-order valence-corrected chi connectivity index (χ3v) is 5.80. The van der Waals surface area contributed by atoms with Crippen LogP contribution in [0.4, 0.5) is 0 Å². The topological polar surface area (TPSA) is 83.5 Å². The minimum atomic E-state index is -3.06. The van der Waals surface area contributed by atoms with Gasteiger partial charge in [-0.15, -0.1) is 0 Å². The van der Waals surface area contributed by atoms with E-state index in [2.05, 4.69) is 5.32 Å². The van der Waals surface area contributed by atoms with Crippen LogP contribution in [0.25, 0.3) is 0 Å². The molecule has 2 rings (SSSR count). The highest BCUT2D eigenvalue weighted by atomic mass is 32.2. The molecule has 98 valence electrons. The van der Waals surface area contributed by atoms with Crippen molar-refractivity contribution in [1.82, 2.24) is 5.32 Å². The van der Waals surface area contributed by atoms with E-state index in [0.717, 1.165) is 12.8 Å². The maximum atomic E-state index is 11.6. The van der Waals surface area contributed by atoms with Crippen LogP contribution in [0, 0.1) is 5.92 Å². The first-order valence-electron chi connectivity index (χ1n) is 6.15. The number of rotatable bonds is 2. The molecule has 0 amide bonds. The van der Waals surface area contributed by atoms with Gasteiger partial charge in [-0.1, -0.05) is 0 Å². The molecule has 17 heavy (non-hydrogen) atoms. The Morgan fingerprint density at radius 2 is 2.06 bits per heavy atom. The predicted molar refractivity (Wildman–Crippen MR) is 63.6 cm³/mol. The lowest BCUT2D eigenvalue weighted by Crippen LogP contribution is -2.61. The first kappa shape index (κ1) is 12.8. The number of hydrogen-bond acceptors (Lipinski definition) is 4. The molecule has 0 radical (unpaired) electrons. The fourth-order valence-corrected chi connectivity index (χ4v) is 4.88. The van der Waals surface area contributed by atoms with E-state index < -0.39 is 21.3 Å². The number of nitrogens with one attached hydrogen (secondary N) is 1. The Balaban J connectivity index is 2.24. The van der Waals surface area contributed by atoms with E-state index in [4.69, 9.17) is 0 Å². The lowest BCUT2D eigenvalue weighted by Gasteiger charge is -2.42. The van der Waals surface area contributed by atoms with Gasteiger partial charge in [0.05, 0.1) is 11.5 Å². The molecule has 5 nitrogen and oxygen atoms in total. The molecule has 2 atom stereocenters. The summed E-state index contributed by atoms with van der Waals surface area (Å²) in [4.78, 5) is 11.5. The molecule has 2 unspecified atom stereocenters. The van der Waals surface area contributed by atoms with Gasteiger partial charge < -0.3 is 10.4 Å². The summed E-state index contributed by atoms with van der Waals surface area (Å²) in [5.74, 6) is -0.941. The molecular formula is C11H19NO4S. The number of aliphatic carboxylic acids is 1. The first-order chi connectivity index (χ1) is 7.96. The van der Waals surface area contributed by atoms with E-state index in [-0.39, 0.29) is 17.4 Å². The van der Waals surface area contributed by atoms with Crippen LogP contribution in [0.5, 0.6) is 0 Å². The zero-order chi connectivity index (χ0) is 12.5. The molecule has 0 aromatic rings. The molecule has 0 spiro atoms. The Kier molecular flexibility index (Phi) is 3.45. The highest BCUT2D eigenvalue weighted by molar-refractivity contribution is 7.91. The third kappa shape index (κ3) is 2.47. The average molecular weight is 261 g/mol. The van der Waals surface area contributed by atoms with Gasteiger partial charge in [-0.05, 0) is 38.6 Å². The number of piperidine rings is 1. The van der Waals surface area contributed by atoms with Gasteiger partial charge in [0.2, 0.25) is 0 Å². The summed E-state index contributed by atoms with van der Waals surface area (Å²) in [6, 6.07) is 0. The fourth-order valence-electron chi connectivity index (χ4n) is 3.05. The Bertz CT molecular complexity index is 398. The summed E-state index contributed by atoms with van der Waals surface area (Å²) >= 11 is 0. The summed E-state index contributed by atoms with van der Waals surface area (Å²) < 4.78 is 23.3. The van der Waals surface area contributed by atoms with Crippen molar-refractivity contribution in [3.8, 4) is 0 Å². The molecule has 0 aliphatic carbocycles. The van der Waals surface area contributed by atoms with Crippen LogP contribution in [0.1, 0.15) is 32.1 Å². The summed E-state index contributed by atoms with van der Waals surface area (Å²) in [6.45, 7) is 0.669. The van der Waals surface area contributed by atoms with Crippen LogP contribution in [0.3, 0.4) is 0 Å². The van der Waals surface area contributed by atoms with Crippen LogP contribution >= 0.6 is 0 Å². The van der Waals surface area contributed by atoms with Gasteiger partial charge in [0, 0.05) is 5.92 Å². The zero-order valence-electron chi connectivity index (χ0n) is 9.81. The van der Waals surface area contributed by atoms with Crippen molar-refractivity contribution in [2.24, 2.45) is 5.92 Å². The fraction of sp³-hybridized carbons (Fsp3) is 0.909. The SMILES string of the molecule is O=C(O)C1(C2CCCS(=O)(=O)C2)CCCCN1. The van der Waals surface area contributed by atoms with Crippen molar-refractivity contribution in [2.45, 2.75) is 37.6 Å². The lowest BCUT2D eigenvalue weighted by atomic mass is 9.76. The quantitative estimate of drug-likeness (QED) is 0.752. The van der Waals surface area contributed by atoms with E-state index in [1.54, 1.807) is 0 Å². The highest BCUT2D eigenvalue weighted by Gasteiger charge is 2.48. The van der Waals surface area contributed by atoms with Gasteiger partial charge in [-0.3, -0.25) is 4.79 Å². The molecule has 2 fully saturated rings. The standard InChI is InChI=1S/C11H19NO4S/c13-10(14)11(5-1-2-6-12-11)9-4-3-7-17(15,16)8-9/h9,12H,1-8H2,(H,13,14). The van der Waals surface area contributed by atoms with Crippen molar-refractivity contribution in [3.63, 3.8) is 0 Å². The molecule has 2 aliphatic rings. The zero-order valence-corrected chi connectivity index (χ0v) is 10.6. The molecule has 0 saturated carbocycles. The number of sulfone groups is 1. The minimum absolute atomic E-state index is 0.0201. The molecule has 2 N–H and O–H groups in total. The predicted octanol–water partition coefficient (Wildman–Crippen LogP) is 0.408. The van der Waals surface area contributed by atoms with E-state index in [9.17, 15) is 18.3 Å². The Morgan fingerprint density at radius 3 is 2.59 bits per heavy atom. The van der Waals surface area contributed by atoms with Crippen LogP contribution in [-0.2, 0) is 14.6 Å². The van der Waals surface area contributed by atoms with Crippen molar-refractivity contribution in [1.29, 1.82) is 0 Å². The number of carboxylic acid groups (broad SMARTS) is 1. The van der Waals surface area contributed by atoms with Crippen molar-refractivity contribution in [3.05, 3.63) is 0 Å². The van der Waals surface area contributed by atoms with E-state index in [1.807, 2.05) is 0 Å². The van der Waals surface area contributed by atoms with Gasteiger partial charge in [-0.25, -0.2) is 8.42 Å². The van der Waals surface area contributed by atoms with Gasteiger partial charge in [0.1, 0.15) is 5.54 Å². The number of carbonyl (C=O) groups is 1. The second kappa shape index (κ2) is 4.57. The molecule has 6 heteroatoms. The molecule has 2 aliphatic heterocycles. The van der Waals surface area contributed by atoms with Gasteiger partial charge in [-0.2, -0.15) is 0 Å². The highest BCUT2D eigenvalue weighted by Crippen LogP contribution is 2.34. The lowest BCUT2D eigenvalue weighted by molar-refractivity contribution is -0.148. The van der Waals surface area contributed by atoms with Gasteiger partial charge >= 0.3 is 5.97 Å². The Labute approximate surface area is 102 Å². The first-order valence-corrected chi connectivity index (χ1v) is 7.97. The maximum Gasteiger partial charge on any atom is 0.324 e. The molecular weight excluding hydrogens is 242 g/mol. The van der Waals surface area contributed by atoms with Crippen LogP contribution in [0.2, 0.25) is 0 Å².